The molecule has 2 heterocycles. The zero-order valence-corrected chi connectivity index (χ0v) is 11.3. The van der Waals surface area contributed by atoms with Gasteiger partial charge < -0.3 is 5.32 Å². The molecule has 2 N–H and O–H groups in total. The highest BCUT2D eigenvalue weighted by Crippen LogP contribution is 2.32. The molecule has 96 valence electrons. The predicted octanol–water partition coefficient (Wildman–Crippen LogP) is 2.63. The minimum Gasteiger partial charge on any atom is -0.316 e. The van der Waals surface area contributed by atoms with E-state index in [9.17, 15) is 4.79 Å². The molecule has 3 aromatic rings. The van der Waals surface area contributed by atoms with Crippen LogP contribution in [0.2, 0.25) is 5.02 Å². The standard InChI is InChI=1S/C11H8ClN5OS/c1-5-14-10(17-16-5)11(18)15-8-6(12)2-3-7-9(8)13-4-19-7/h2-4H,1H3,(H,15,18)(H,14,16,17). The molecule has 1 aromatic carbocycles. The van der Waals surface area contributed by atoms with Gasteiger partial charge in [-0.3, -0.25) is 9.89 Å². The number of aromatic amines is 1. The number of anilines is 1. The number of thiazole rings is 1. The summed E-state index contributed by atoms with van der Waals surface area (Å²) in [7, 11) is 0. The minimum atomic E-state index is -0.424. The Balaban J connectivity index is 1.99. The Morgan fingerprint density at radius 3 is 3.05 bits per heavy atom. The van der Waals surface area contributed by atoms with Crippen molar-refractivity contribution in [3.63, 3.8) is 0 Å². The molecule has 1 amide bonds. The van der Waals surface area contributed by atoms with Gasteiger partial charge in [0.05, 0.1) is 20.9 Å². The Labute approximate surface area is 116 Å². The molecular weight excluding hydrogens is 286 g/mol. The van der Waals surface area contributed by atoms with Gasteiger partial charge in [0, 0.05) is 0 Å². The van der Waals surface area contributed by atoms with Crippen molar-refractivity contribution in [2.24, 2.45) is 0 Å². The second-order valence-corrected chi connectivity index (χ2v) is 5.11. The summed E-state index contributed by atoms with van der Waals surface area (Å²) in [5, 5.41) is 9.54. The summed E-state index contributed by atoms with van der Waals surface area (Å²) in [6, 6.07) is 3.59. The molecule has 2 aromatic heterocycles. The van der Waals surface area contributed by atoms with Gasteiger partial charge in [0.2, 0.25) is 5.82 Å². The predicted molar refractivity (Wildman–Crippen MR) is 73.7 cm³/mol. The minimum absolute atomic E-state index is 0.0702. The third kappa shape index (κ3) is 2.18. The number of benzene rings is 1. The second-order valence-electron chi connectivity index (χ2n) is 3.82. The summed E-state index contributed by atoms with van der Waals surface area (Å²) in [6.45, 7) is 1.72. The molecule has 0 spiro atoms. The van der Waals surface area contributed by atoms with Crippen LogP contribution in [0.15, 0.2) is 17.6 Å². The van der Waals surface area contributed by atoms with Crippen LogP contribution >= 0.6 is 22.9 Å². The maximum atomic E-state index is 12.0. The number of carbonyl (C=O) groups is 1. The van der Waals surface area contributed by atoms with Crippen molar-refractivity contribution in [2.75, 3.05) is 5.32 Å². The number of nitrogens with one attached hydrogen (secondary N) is 2. The quantitative estimate of drug-likeness (QED) is 0.761. The molecule has 3 rings (SSSR count). The number of rotatable bonds is 2. The van der Waals surface area contributed by atoms with E-state index < -0.39 is 5.91 Å². The summed E-state index contributed by atoms with van der Waals surface area (Å²) in [4.78, 5) is 20.2. The molecule has 0 aliphatic carbocycles. The van der Waals surface area contributed by atoms with Crippen LogP contribution in [0.3, 0.4) is 0 Å². The smallest absolute Gasteiger partial charge is 0.295 e. The number of hydrogen-bond donors (Lipinski definition) is 2. The number of aryl methyl sites for hydroxylation is 1. The maximum Gasteiger partial charge on any atom is 0.295 e. The highest BCUT2D eigenvalue weighted by atomic mass is 35.5. The van der Waals surface area contributed by atoms with Crippen molar-refractivity contribution in [1.29, 1.82) is 0 Å². The highest BCUT2D eigenvalue weighted by Gasteiger charge is 2.16. The Morgan fingerprint density at radius 1 is 1.47 bits per heavy atom. The van der Waals surface area contributed by atoms with Crippen LogP contribution in [0, 0.1) is 6.92 Å². The lowest BCUT2D eigenvalue weighted by atomic mass is 10.3. The van der Waals surface area contributed by atoms with Crippen LogP contribution < -0.4 is 5.32 Å². The highest BCUT2D eigenvalue weighted by molar-refractivity contribution is 7.16. The van der Waals surface area contributed by atoms with Crippen molar-refractivity contribution in [3.8, 4) is 0 Å². The van der Waals surface area contributed by atoms with Crippen LogP contribution in [0.1, 0.15) is 16.4 Å². The molecule has 0 bridgehead atoms. The van der Waals surface area contributed by atoms with E-state index in [1.165, 1.54) is 11.3 Å². The van der Waals surface area contributed by atoms with Gasteiger partial charge in [-0.05, 0) is 19.1 Å². The number of H-pyrrole nitrogens is 1. The molecule has 0 fully saturated rings. The average Bonchev–Trinajstić information content (AvgIpc) is 3.01. The van der Waals surface area contributed by atoms with Gasteiger partial charge in [0.25, 0.3) is 5.91 Å². The Morgan fingerprint density at radius 2 is 2.32 bits per heavy atom. The van der Waals surface area contributed by atoms with E-state index in [1.54, 1.807) is 18.5 Å². The number of amides is 1. The van der Waals surface area contributed by atoms with E-state index in [2.05, 4.69) is 25.5 Å². The zero-order chi connectivity index (χ0) is 13.4. The molecule has 0 radical (unpaired) electrons. The molecule has 8 heteroatoms. The summed E-state index contributed by atoms with van der Waals surface area (Å²) >= 11 is 7.58. The first-order chi connectivity index (χ1) is 9.15. The molecule has 0 saturated heterocycles. The Hall–Kier alpha value is -1.99. The number of halogens is 1. The monoisotopic (exact) mass is 293 g/mol. The van der Waals surface area contributed by atoms with E-state index in [4.69, 9.17) is 11.6 Å². The lowest BCUT2D eigenvalue weighted by molar-refractivity contribution is 0.101. The number of nitrogens with zero attached hydrogens (tertiary/aromatic N) is 3. The van der Waals surface area contributed by atoms with E-state index in [-0.39, 0.29) is 5.82 Å². The van der Waals surface area contributed by atoms with Gasteiger partial charge >= 0.3 is 0 Å². The number of aromatic nitrogens is 4. The zero-order valence-electron chi connectivity index (χ0n) is 9.77. The Kier molecular flexibility index (Phi) is 2.92. The van der Waals surface area contributed by atoms with Crippen LogP contribution in [0.4, 0.5) is 5.69 Å². The summed E-state index contributed by atoms with van der Waals surface area (Å²) < 4.78 is 0.950. The van der Waals surface area contributed by atoms with E-state index in [1.807, 2.05) is 6.07 Å². The van der Waals surface area contributed by atoms with E-state index >= 15 is 0 Å². The number of hydrogen-bond acceptors (Lipinski definition) is 5. The molecule has 0 aliphatic rings. The second kappa shape index (κ2) is 4.60. The van der Waals surface area contributed by atoms with Crippen molar-refractivity contribution in [2.45, 2.75) is 6.92 Å². The molecule has 0 aliphatic heterocycles. The molecule has 6 nitrogen and oxygen atoms in total. The number of fused-ring (bicyclic) bond motifs is 1. The van der Waals surface area contributed by atoms with Crippen molar-refractivity contribution >= 4 is 44.7 Å². The lowest BCUT2D eigenvalue weighted by Gasteiger charge is -2.05. The fourth-order valence-corrected chi connectivity index (χ4v) is 2.52. The van der Waals surface area contributed by atoms with E-state index in [0.717, 1.165) is 4.70 Å². The van der Waals surface area contributed by atoms with Gasteiger partial charge in [-0.2, -0.15) is 0 Å². The fourth-order valence-electron chi connectivity index (χ4n) is 1.64. The van der Waals surface area contributed by atoms with Gasteiger partial charge in [-0.15, -0.1) is 16.4 Å². The van der Waals surface area contributed by atoms with Crippen LogP contribution in [-0.2, 0) is 0 Å². The Bertz CT molecular complexity index is 765. The maximum absolute atomic E-state index is 12.0. The van der Waals surface area contributed by atoms with Gasteiger partial charge in [-0.1, -0.05) is 11.6 Å². The van der Waals surface area contributed by atoms with E-state index in [0.29, 0.717) is 22.1 Å². The summed E-state index contributed by atoms with van der Waals surface area (Å²) in [5.74, 6) is 0.218. The van der Waals surface area contributed by atoms with Crippen LogP contribution in [-0.4, -0.2) is 26.1 Å². The van der Waals surface area contributed by atoms with Gasteiger partial charge in [0.1, 0.15) is 11.3 Å². The SMILES string of the molecule is Cc1nc(C(=O)Nc2c(Cl)ccc3scnc23)n[nH]1. The summed E-state index contributed by atoms with van der Waals surface area (Å²) in [5.41, 5.74) is 2.85. The fraction of sp³-hybridized carbons (Fsp3) is 0.0909. The molecule has 0 saturated carbocycles. The van der Waals surface area contributed by atoms with Crippen molar-refractivity contribution in [3.05, 3.63) is 34.3 Å². The molecule has 19 heavy (non-hydrogen) atoms. The topological polar surface area (TPSA) is 83.6 Å². The van der Waals surface area contributed by atoms with Crippen LogP contribution in [0.25, 0.3) is 10.2 Å². The third-order valence-corrected chi connectivity index (χ3v) is 3.60. The largest absolute Gasteiger partial charge is 0.316 e. The summed E-state index contributed by atoms with van der Waals surface area (Å²) in [6.07, 6.45) is 0. The third-order valence-electron chi connectivity index (χ3n) is 2.49. The van der Waals surface area contributed by atoms with Gasteiger partial charge in [0.15, 0.2) is 0 Å². The molecule has 0 unspecified atom stereocenters. The molecule has 0 atom stereocenters. The lowest BCUT2D eigenvalue weighted by Crippen LogP contribution is -2.14. The number of carbonyl (C=O) groups excluding carboxylic acids is 1. The first-order valence-electron chi connectivity index (χ1n) is 5.37. The van der Waals surface area contributed by atoms with Gasteiger partial charge in [-0.25, -0.2) is 9.97 Å². The average molecular weight is 294 g/mol. The van der Waals surface area contributed by atoms with Crippen molar-refractivity contribution < 1.29 is 4.79 Å². The first kappa shape index (κ1) is 12.1. The normalized spacial score (nSPS) is 10.8. The van der Waals surface area contributed by atoms with Crippen LogP contribution in [0.5, 0.6) is 0 Å². The molecular formula is C11H8ClN5OS. The first-order valence-corrected chi connectivity index (χ1v) is 6.63. The van der Waals surface area contributed by atoms with Crippen molar-refractivity contribution in [1.82, 2.24) is 20.2 Å².